The molecule has 0 amide bonds. The Morgan fingerprint density at radius 2 is 2.20 bits per heavy atom. The number of hydrogen-bond acceptors (Lipinski definition) is 5. The van der Waals surface area contributed by atoms with Gasteiger partial charge in [0.25, 0.3) is 0 Å². The van der Waals surface area contributed by atoms with Crippen LogP contribution in [0.25, 0.3) is 0 Å². The van der Waals surface area contributed by atoms with E-state index >= 15 is 0 Å². The van der Waals surface area contributed by atoms with Crippen molar-refractivity contribution in [3.8, 4) is 0 Å². The smallest absolute Gasteiger partial charge is 0.0813 e. The first-order valence-corrected chi connectivity index (χ1v) is 9.11. The Morgan fingerprint density at radius 3 is 3.00 bits per heavy atom. The Morgan fingerprint density at radius 1 is 1.24 bits per heavy atom. The van der Waals surface area contributed by atoms with Crippen molar-refractivity contribution in [1.82, 2.24) is 19.7 Å². The average Bonchev–Trinajstić information content (AvgIpc) is 3.22. The molecule has 0 radical (unpaired) electrons. The maximum absolute atomic E-state index is 6.32. The van der Waals surface area contributed by atoms with E-state index in [1.165, 1.54) is 12.0 Å². The SMILES string of the molecule is Cn1cc(CN2CC[C@H]3O[C@@H](COCc4cccnc4)CC[C@H]32)cn1. The van der Waals surface area contributed by atoms with Gasteiger partial charge in [-0.15, -0.1) is 0 Å². The lowest BCUT2D eigenvalue weighted by molar-refractivity contribution is -0.102. The molecule has 0 spiro atoms. The van der Waals surface area contributed by atoms with Crippen molar-refractivity contribution in [3.63, 3.8) is 0 Å². The quantitative estimate of drug-likeness (QED) is 0.805. The first-order valence-electron chi connectivity index (χ1n) is 9.11. The number of fused-ring (bicyclic) bond motifs is 1. The number of aromatic nitrogens is 3. The van der Waals surface area contributed by atoms with Crippen LogP contribution in [0, 0.1) is 0 Å². The lowest BCUT2D eigenvalue weighted by atomic mass is 9.99. The molecule has 0 aromatic carbocycles. The van der Waals surface area contributed by atoms with E-state index in [-0.39, 0.29) is 6.10 Å². The minimum Gasteiger partial charge on any atom is -0.374 e. The van der Waals surface area contributed by atoms with Gasteiger partial charge in [-0.2, -0.15) is 5.10 Å². The van der Waals surface area contributed by atoms with Crippen molar-refractivity contribution in [2.24, 2.45) is 7.05 Å². The number of rotatable bonds is 6. The maximum Gasteiger partial charge on any atom is 0.0813 e. The van der Waals surface area contributed by atoms with E-state index in [1.54, 1.807) is 6.20 Å². The monoisotopic (exact) mass is 342 g/mol. The van der Waals surface area contributed by atoms with Crippen molar-refractivity contribution >= 4 is 0 Å². The third kappa shape index (κ3) is 4.08. The molecule has 6 heteroatoms. The fourth-order valence-electron chi connectivity index (χ4n) is 3.98. The molecule has 0 N–H and O–H groups in total. The van der Waals surface area contributed by atoms with Crippen molar-refractivity contribution in [2.75, 3.05) is 13.2 Å². The van der Waals surface area contributed by atoms with Gasteiger partial charge >= 0.3 is 0 Å². The molecule has 2 saturated heterocycles. The van der Waals surface area contributed by atoms with Crippen LogP contribution in [-0.4, -0.2) is 51.1 Å². The van der Waals surface area contributed by atoms with Gasteiger partial charge in [-0.1, -0.05) is 6.07 Å². The molecule has 4 heterocycles. The fraction of sp³-hybridized carbons (Fsp3) is 0.579. The van der Waals surface area contributed by atoms with Crippen LogP contribution < -0.4 is 0 Å². The molecular weight excluding hydrogens is 316 g/mol. The van der Waals surface area contributed by atoms with E-state index in [0.29, 0.717) is 25.4 Å². The summed E-state index contributed by atoms with van der Waals surface area (Å²) in [5.74, 6) is 0. The normalized spacial score (nSPS) is 26.7. The molecule has 0 saturated carbocycles. The lowest BCUT2D eigenvalue weighted by Crippen LogP contribution is -2.43. The largest absolute Gasteiger partial charge is 0.374 e. The molecule has 0 aliphatic carbocycles. The van der Waals surface area contributed by atoms with Crippen molar-refractivity contribution < 1.29 is 9.47 Å². The fourth-order valence-corrected chi connectivity index (χ4v) is 3.98. The molecule has 3 atom stereocenters. The second-order valence-corrected chi connectivity index (χ2v) is 7.10. The third-order valence-corrected chi connectivity index (χ3v) is 5.19. The van der Waals surface area contributed by atoms with Gasteiger partial charge in [-0.25, -0.2) is 0 Å². The van der Waals surface area contributed by atoms with Crippen LogP contribution in [-0.2, 0) is 29.7 Å². The van der Waals surface area contributed by atoms with E-state index in [4.69, 9.17) is 9.47 Å². The van der Waals surface area contributed by atoms with Gasteiger partial charge in [0.2, 0.25) is 0 Å². The van der Waals surface area contributed by atoms with Crippen molar-refractivity contribution in [3.05, 3.63) is 48.0 Å². The number of hydrogen-bond donors (Lipinski definition) is 0. The van der Waals surface area contributed by atoms with Gasteiger partial charge in [0.1, 0.15) is 0 Å². The Labute approximate surface area is 148 Å². The highest BCUT2D eigenvalue weighted by Gasteiger charge is 2.39. The summed E-state index contributed by atoms with van der Waals surface area (Å²) in [5.41, 5.74) is 2.39. The van der Waals surface area contributed by atoms with E-state index in [9.17, 15) is 0 Å². The minimum atomic E-state index is 0.219. The molecule has 2 aromatic rings. The topological polar surface area (TPSA) is 52.4 Å². The molecule has 2 aromatic heterocycles. The number of aryl methyl sites for hydroxylation is 1. The van der Waals surface area contributed by atoms with Crippen LogP contribution in [0.2, 0.25) is 0 Å². The number of likely N-dealkylation sites (tertiary alicyclic amines) is 1. The van der Waals surface area contributed by atoms with E-state index in [0.717, 1.165) is 31.5 Å². The molecule has 2 fully saturated rings. The van der Waals surface area contributed by atoms with Gasteiger partial charge in [0.15, 0.2) is 0 Å². The highest BCUT2D eigenvalue weighted by atomic mass is 16.5. The molecule has 25 heavy (non-hydrogen) atoms. The first kappa shape index (κ1) is 16.7. The van der Waals surface area contributed by atoms with Crippen LogP contribution in [0.5, 0.6) is 0 Å². The van der Waals surface area contributed by atoms with Crippen LogP contribution in [0.4, 0.5) is 0 Å². The third-order valence-electron chi connectivity index (χ3n) is 5.19. The van der Waals surface area contributed by atoms with Gasteiger partial charge in [0.05, 0.1) is 31.6 Å². The van der Waals surface area contributed by atoms with Gasteiger partial charge < -0.3 is 9.47 Å². The minimum absolute atomic E-state index is 0.219. The zero-order chi connectivity index (χ0) is 17.1. The maximum atomic E-state index is 6.32. The van der Waals surface area contributed by atoms with Gasteiger partial charge in [-0.05, 0) is 30.9 Å². The van der Waals surface area contributed by atoms with Crippen LogP contribution in [0.15, 0.2) is 36.9 Å². The number of ether oxygens (including phenoxy) is 2. The zero-order valence-corrected chi connectivity index (χ0v) is 14.8. The predicted molar refractivity (Wildman–Crippen MR) is 93.8 cm³/mol. The second-order valence-electron chi connectivity index (χ2n) is 7.10. The summed E-state index contributed by atoms with van der Waals surface area (Å²) in [6.45, 7) is 3.35. The van der Waals surface area contributed by atoms with Crippen molar-refractivity contribution in [2.45, 2.75) is 50.7 Å². The molecule has 4 rings (SSSR count). The molecule has 0 unspecified atom stereocenters. The Bertz CT molecular complexity index is 675. The van der Waals surface area contributed by atoms with Crippen LogP contribution in [0.1, 0.15) is 30.4 Å². The summed E-state index contributed by atoms with van der Waals surface area (Å²) in [4.78, 5) is 6.67. The van der Waals surface area contributed by atoms with Crippen molar-refractivity contribution in [1.29, 1.82) is 0 Å². The molecule has 2 aliphatic rings. The zero-order valence-electron chi connectivity index (χ0n) is 14.8. The van der Waals surface area contributed by atoms with Crippen LogP contribution >= 0.6 is 0 Å². The summed E-state index contributed by atoms with van der Waals surface area (Å²) in [6, 6.07) is 4.52. The second kappa shape index (κ2) is 7.64. The lowest BCUT2D eigenvalue weighted by Gasteiger charge is -2.35. The summed E-state index contributed by atoms with van der Waals surface area (Å²) in [5, 5.41) is 4.27. The highest BCUT2D eigenvalue weighted by molar-refractivity contribution is 5.07. The molecule has 0 bridgehead atoms. The van der Waals surface area contributed by atoms with E-state index < -0.39 is 0 Å². The summed E-state index contributed by atoms with van der Waals surface area (Å²) in [7, 11) is 1.97. The summed E-state index contributed by atoms with van der Waals surface area (Å²) < 4.78 is 14.0. The number of pyridine rings is 1. The predicted octanol–water partition coefficient (Wildman–Crippen LogP) is 2.15. The molecule has 6 nitrogen and oxygen atoms in total. The average molecular weight is 342 g/mol. The Kier molecular flexibility index (Phi) is 5.10. The van der Waals surface area contributed by atoms with E-state index in [2.05, 4.69) is 21.2 Å². The molecule has 134 valence electrons. The first-order chi connectivity index (χ1) is 12.3. The van der Waals surface area contributed by atoms with Gasteiger partial charge in [-0.3, -0.25) is 14.6 Å². The standard InChI is InChI=1S/C19H26N4O2/c1-22-11-16(10-21-22)12-23-8-6-19-18(23)5-4-17(25-19)14-24-13-15-3-2-7-20-9-15/h2-3,7,9-11,17-19H,4-6,8,12-14H2,1H3/t17-,18-,19-/m1/s1. The van der Waals surface area contributed by atoms with Crippen LogP contribution in [0.3, 0.4) is 0 Å². The summed E-state index contributed by atoms with van der Waals surface area (Å²) in [6.07, 6.45) is 11.6. The summed E-state index contributed by atoms with van der Waals surface area (Å²) >= 11 is 0. The Balaban J connectivity index is 1.24. The highest BCUT2D eigenvalue weighted by Crippen LogP contribution is 2.32. The Hall–Kier alpha value is -1.76. The molecule has 2 aliphatic heterocycles. The van der Waals surface area contributed by atoms with Gasteiger partial charge in [0, 0.05) is 50.3 Å². The van der Waals surface area contributed by atoms with E-state index in [1.807, 2.05) is 36.3 Å². The number of nitrogens with zero attached hydrogens (tertiary/aromatic N) is 4. The molecular formula is C19H26N4O2.